The minimum atomic E-state index is -0.598. The summed E-state index contributed by atoms with van der Waals surface area (Å²) in [6, 6.07) is -0.271. The summed E-state index contributed by atoms with van der Waals surface area (Å²) in [5.74, 6) is 0.528. The fourth-order valence-corrected chi connectivity index (χ4v) is 6.56. The first-order valence-electron chi connectivity index (χ1n) is 13.6. The molecule has 5 fully saturated rings. The van der Waals surface area contributed by atoms with Gasteiger partial charge in [0.2, 0.25) is 11.8 Å². The molecule has 5 saturated carbocycles. The van der Waals surface area contributed by atoms with Gasteiger partial charge in [-0.2, -0.15) is 0 Å². The molecular weight excluding hydrogens is 460 g/mol. The Morgan fingerprint density at radius 2 is 1.86 bits per heavy atom. The molecule has 5 aliphatic carbocycles. The molecule has 6 aliphatic rings. The number of nitrogens with zero attached hydrogens (tertiary/aromatic N) is 4. The summed E-state index contributed by atoms with van der Waals surface area (Å²) in [6.07, 6.45) is 7.40. The number of carbonyl (C=O) groups is 3. The van der Waals surface area contributed by atoms with Crippen LogP contribution < -0.4 is 10.6 Å². The number of nitrogens with one attached hydrogen (secondary N) is 2. The largest absolute Gasteiger partial charge is 0.444 e. The highest BCUT2D eigenvalue weighted by Crippen LogP contribution is 2.57. The lowest BCUT2D eigenvalue weighted by molar-refractivity contribution is -0.140. The number of carbonyl (C=O) groups excluding carboxylic acids is 3. The van der Waals surface area contributed by atoms with Crippen LogP contribution in [0.25, 0.3) is 0 Å². The van der Waals surface area contributed by atoms with Gasteiger partial charge in [0, 0.05) is 24.7 Å². The number of amides is 3. The van der Waals surface area contributed by atoms with Crippen molar-refractivity contribution in [3.8, 4) is 0 Å². The van der Waals surface area contributed by atoms with Gasteiger partial charge in [-0.05, 0) is 77.6 Å². The van der Waals surface area contributed by atoms with Crippen molar-refractivity contribution in [3.05, 3.63) is 11.4 Å². The van der Waals surface area contributed by atoms with E-state index < -0.39 is 17.6 Å². The first-order valence-corrected chi connectivity index (χ1v) is 13.6. The van der Waals surface area contributed by atoms with Crippen molar-refractivity contribution in [3.63, 3.8) is 0 Å². The Morgan fingerprint density at radius 3 is 2.50 bits per heavy atom. The normalized spacial score (nSPS) is 32.7. The quantitative estimate of drug-likeness (QED) is 0.622. The molecule has 10 heteroatoms. The van der Waals surface area contributed by atoms with E-state index >= 15 is 0 Å². The Morgan fingerprint density at radius 1 is 1.11 bits per heavy atom. The summed E-state index contributed by atoms with van der Waals surface area (Å²) in [6.45, 7) is 6.94. The van der Waals surface area contributed by atoms with Crippen molar-refractivity contribution >= 4 is 17.9 Å². The Kier molecular flexibility index (Phi) is 5.57. The molecule has 36 heavy (non-hydrogen) atoms. The minimum absolute atomic E-state index is 0.0129. The molecular formula is C26H38N6O4. The second-order valence-corrected chi connectivity index (χ2v) is 12.9. The predicted octanol–water partition coefficient (Wildman–Crippen LogP) is 2.48. The zero-order chi connectivity index (χ0) is 25.2. The van der Waals surface area contributed by atoms with E-state index in [1.807, 2.05) is 25.5 Å². The number of fused-ring (bicyclic) bond motifs is 1. The van der Waals surface area contributed by atoms with Crippen molar-refractivity contribution < 1.29 is 19.1 Å². The van der Waals surface area contributed by atoms with Crippen LogP contribution in [0, 0.1) is 17.8 Å². The van der Waals surface area contributed by atoms with Gasteiger partial charge >= 0.3 is 6.09 Å². The average Bonchev–Trinajstić information content (AvgIpc) is 3.29. The van der Waals surface area contributed by atoms with Gasteiger partial charge < -0.3 is 20.3 Å². The van der Waals surface area contributed by atoms with Gasteiger partial charge in [0.05, 0.1) is 24.1 Å². The maximum Gasteiger partial charge on any atom is 0.407 e. The van der Waals surface area contributed by atoms with E-state index in [-0.39, 0.29) is 29.3 Å². The van der Waals surface area contributed by atoms with E-state index in [4.69, 9.17) is 4.74 Å². The Balaban J connectivity index is 1.19. The molecule has 1 aromatic rings. The molecule has 0 radical (unpaired) electrons. The van der Waals surface area contributed by atoms with Crippen molar-refractivity contribution in [2.24, 2.45) is 17.8 Å². The number of hydrogen-bond acceptors (Lipinski definition) is 6. The number of hydrogen-bond donors (Lipinski definition) is 2. The summed E-state index contributed by atoms with van der Waals surface area (Å²) in [7, 11) is 0. The molecule has 7 rings (SSSR count). The lowest BCUT2D eigenvalue weighted by Crippen LogP contribution is -2.69. The highest BCUT2D eigenvalue weighted by atomic mass is 16.6. The summed E-state index contributed by atoms with van der Waals surface area (Å²) >= 11 is 0. The monoisotopic (exact) mass is 498 g/mol. The molecule has 2 heterocycles. The summed E-state index contributed by atoms with van der Waals surface area (Å²) in [4.78, 5) is 41.5. The first kappa shape index (κ1) is 23.7. The van der Waals surface area contributed by atoms with Crippen molar-refractivity contribution in [2.45, 2.75) is 108 Å². The van der Waals surface area contributed by atoms with Crippen LogP contribution in [0.4, 0.5) is 4.79 Å². The van der Waals surface area contributed by atoms with Crippen LogP contribution in [0.3, 0.4) is 0 Å². The van der Waals surface area contributed by atoms with E-state index in [0.717, 1.165) is 56.0 Å². The van der Waals surface area contributed by atoms with Gasteiger partial charge in [0.15, 0.2) is 0 Å². The van der Waals surface area contributed by atoms with Gasteiger partial charge in [0.25, 0.3) is 0 Å². The van der Waals surface area contributed by atoms with Gasteiger partial charge in [-0.3, -0.25) is 9.59 Å². The van der Waals surface area contributed by atoms with E-state index in [2.05, 4.69) is 20.9 Å². The lowest BCUT2D eigenvalue weighted by atomic mass is 9.50. The third-order valence-electron chi connectivity index (χ3n) is 8.64. The smallest absolute Gasteiger partial charge is 0.407 e. The zero-order valence-corrected chi connectivity index (χ0v) is 21.6. The fourth-order valence-electron chi connectivity index (χ4n) is 6.56. The van der Waals surface area contributed by atoms with Crippen LogP contribution in [0.5, 0.6) is 0 Å². The Labute approximate surface area is 211 Å². The first-order chi connectivity index (χ1) is 17.1. The average molecular weight is 499 g/mol. The molecule has 1 unspecified atom stereocenters. The second-order valence-electron chi connectivity index (χ2n) is 12.9. The van der Waals surface area contributed by atoms with Gasteiger partial charge in [-0.25, -0.2) is 9.48 Å². The van der Waals surface area contributed by atoms with Crippen molar-refractivity contribution in [1.82, 2.24) is 30.5 Å². The van der Waals surface area contributed by atoms with Crippen LogP contribution in [0.2, 0.25) is 0 Å². The number of aromatic nitrogens is 3. The van der Waals surface area contributed by atoms with E-state index in [0.29, 0.717) is 25.4 Å². The number of ether oxygens (including phenoxy) is 1. The van der Waals surface area contributed by atoms with Crippen molar-refractivity contribution in [1.29, 1.82) is 0 Å². The predicted molar refractivity (Wildman–Crippen MR) is 130 cm³/mol. The molecule has 1 aromatic heterocycles. The molecule has 2 bridgehead atoms. The third kappa shape index (κ3) is 4.47. The van der Waals surface area contributed by atoms with E-state index in [1.54, 1.807) is 4.90 Å². The maximum atomic E-state index is 13.8. The molecule has 1 aliphatic heterocycles. The SMILES string of the molecule is CC(C)(C)OC(=O)N[C@@H]1CCC[C@@H]1C(=O)N1Cc2nnn(CC3CC3)c2C(C(=O)NC23CC(C2)C3)C1. The van der Waals surface area contributed by atoms with E-state index in [1.165, 1.54) is 12.8 Å². The fraction of sp³-hybridized carbons (Fsp3) is 0.808. The number of rotatable bonds is 6. The van der Waals surface area contributed by atoms with Gasteiger partial charge in [-0.1, -0.05) is 11.6 Å². The molecule has 196 valence electrons. The van der Waals surface area contributed by atoms with Crippen LogP contribution >= 0.6 is 0 Å². The van der Waals surface area contributed by atoms with Crippen LogP contribution in [-0.4, -0.2) is 61.5 Å². The van der Waals surface area contributed by atoms with E-state index in [9.17, 15) is 14.4 Å². The van der Waals surface area contributed by atoms with Gasteiger partial charge in [-0.15, -0.1) is 5.10 Å². The maximum absolute atomic E-state index is 13.8. The van der Waals surface area contributed by atoms with Crippen LogP contribution in [0.15, 0.2) is 0 Å². The molecule has 0 aromatic carbocycles. The summed E-state index contributed by atoms with van der Waals surface area (Å²) in [5.41, 5.74) is 0.975. The molecule has 10 nitrogen and oxygen atoms in total. The highest BCUT2D eigenvalue weighted by Gasteiger charge is 2.58. The third-order valence-corrected chi connectivity index (χ3v) is 8.64. The Bertz CT molecular complexity index is 1060. The minimum Gasteiger partial charge on any atom is -0.444 e. The summed E-state index contributed by atoms with van der Waals surface area (Å²) in [5, 5.41) is 15.1. The highest BCUT2D eigenvalue weighted by molar-refractivity contribution is 5.87. The summed E-state index contributed by atoms with van der Waals surface area (Å²) < 4.78 is 7.35. The van der Waals surface area contributed by atoms with Crippen LogP contribution in [0.1, 0.15) is 89.4 Å². The standard InChI is InChI=1S/C26H38N6O4/c1-25(2,3)36-24(35)27-19-6-4-5-17(19)23(34)31-13-18(22(33)28-26-9-16(10-26)11-26)21-20(14-31)29-30-32(21)12-15-7-8-15/h15-19H,4-14H2,1-3H3,(H,27,35)(H,28,33)/t16?,17-,18?,19+,26?/m0/s1. The lowest BCUT2D eigenvalue weighted by Gasteiger charge is -2.62. The molecule has 3 amide bonds. The molecule has 2 N–H and O–H groups in total. The topological polar surface area (TPSA) is 118 Å². The van der Waals surface area contributed by atoms with Crippen LogP contribution in [-0.2, 0) is 27.4 Å². The number of alkyl carbamates (subject to hydrolysis) is 1. The van der Waals surface area contributed by atoms with Crippen molar-refractivity contribution in [2.75, 3.05) is 6.54 Å². The zero-order valence-electron chi connectivity index (χ0n) is 21.6. The molecule has 0 spiro atoms. The molecule has 0 saturated heterocycles. The molecule has 3 atom stereocenters. The second kappa shape index (κ2) is 8.45. The Hall–Kier alpha value is -2.65. The van der Waals surface area contributed by atoms with Gasteiger partial charge in [0.1, 0.15) is 11.3 Å².